The van der Waals surface area contributed by atoms with Gasteiger partial charge in [-0.25, -0.2) is 4.99 Å². The predicted molar refractivity (Wildman–Crippen MR) is 158 cm³/mol. The molecule has 1 amide bonds. The summed E-state index contributed by atoms with van der Waals surface area (Å²) >= 11 is 17.5. The first-order valence-electron chi connectivity index (χ1n) is 11.9. The lowest BCUT2D eigenvalue weighted by Gasteiger charge is -2.13. The Bertz CT molecular complexity index is 1450. The first kappa shape index (κ1) is 26.0. The van der Waals surface area contributed by atoms with E-state index in [1.807, 2.05) is 60.7 Å². The normalized spacial score (nSPS) is 12.9. The number of rotatable bonds is 7. The Labute approximate surface area is 238 Å². The van der Waals surface area contributed by atoms with Crippen LogP contribution >= 0.6 is 50.5 Å². The average molecular weight is 614 g/mol. The monoisotopic (exact) mass is 612 g/mol. The second-order valence-corrected chi connectivity index (χ2v) is 11.5. The number of benzene rings is 3. The number of carbonyl (C=O) groups is 1. The second-order valence-electron chi connectivity index (χ2n) is 8.69. The summed E-state index contributed by atoms with van der Waals surface area (Å²) in [7, 11) is 0. The van der Waals surface area contributed by atoms with E-state index in [1.54, 1.807) is 23.6 Å². The maximum Gasteiger partial charge on any atom is 0.259 e. The summed E-state index contributed by atoms with van der Waals surface area (Å²) in [5.74, 6) is 0.490. The van der Waals surface area contributed by atoms with E-state index in [-0.39, 0.29) is 5.91 Å². The molecule has 5 rings (SSSR count). The van der Waals surface area contributed by atoms with Crippen molar-refractivity contribution >= 4 is 73.3 Å². The highest BCUT2D eigenvalue weighted by Gasteiger charge is 2.25. The van der Waals surface area contributed by atoms with Crippen molar-refractivity contribution in [2.75, 3.05) is 5.32 Å². The van der Waals surface area contributed by atoms with Crippen LogP contribution in [0, 0.1) is 0 Å². The summed E-state index contributed by atoms with van der Waals surface area (Å²) in [6, 6.07) is 20.6. The van der Waals surface area contributed by atoms with Gasteiger partial charge in [-0.3, -0.25) is 4.79 Å². The molecule has 8 heteroatoms. The third-order valence-corrected chi connectivity index (χ3v) is 8.32. The molecule has 4 aromatic rings. The predicted octanol–water partition coefficient (Wildman–Crippen LogP) is 9.28. The minimum Gasteiger partial charge on any atom is -0.487 e. The molecule has 1 N–H and O–H groups in total. The Balaban J connectivity index is 1.46. The number of para-hydroxylation sites is 1. The van der Waals surface area contributed by atoms with E-state index in [4.69, 9.17) is 32.9 Å². The number of hydrogen-bond donors (Lipinski definition) is 1. The van der Waals surface area contributed by atoms with Crippen LogP contribution in [0.15, 0.2) is 76.2 Å². The van der Waals surface area contributed by atoms with Gasteiger partial charge in [0.1, 0.15) is 17.4 Å². The third-order valence-electron chi connectivity index (χ3n) is 6.07. The molecule has 4 nitrogen and oxygen atoms in total. The van der Waals surface area contributed by atoms with Crippen LogP contribution in [0.3, 0.4) is 0 Å². The highest BCUT2D eigenvalue weighted by Crippen LogP contribution is 2.41. The standard InChI is InChI=1S/C29H23BrCl2N2O2S/c30-24-15-21(32)14-19(27(24)36-17-18-10-12-20(31)13-11-18)16-33-29-26(23-8-4-5-9-25(23)37-29)28(35)34-22-6-2-1-3-7-22/h1-3,6-7,10-16H,4-5,8-9,17H2,(H,34,35). The average Bonchev–Trinajstić information content (AvgIpc) is 3.27. The van der Waals surface area contributed by atoms with Crippen LogP contribution in [-0.2, 0) is 19.4 Å². The van der Waals surface area contributed by atoms with E-state index in [0.29, 0.717) is 38.5 Å². The summed E-state index contributed by atoms with van der Waals surface area (Å²) in [5.41, 5.74) is 4.23. The second kappa shape index (κ2) is 11.8. The van der Waals surface area contributed by atoms with E-state index in [1.165, 1.54) is 4.88 Å². The molecule has 3 aromatic carbocycles. The summed E-state index contributed by atoms with van der Waals surface area (Å²) in [6.45, 7) is 0.357. The number of aryl methyl sites for hydroxylation is 1. The number of thiophene rings is 1. The van der Waals surface area contributed by atoms with E-state index < -0.39 is 0 Å². The Morgan fingerprint density at radius 1 is 1.03 bits per heavy atom. The van der Waals surface area contributed by atoms with Crippen LogP contribution in [0.25, 0.3) is 0 Å². The summed E-state index contributed by atoms with van der Waals surface area (Å²) in [4.78, 5) is 19.4. The zero-order valence-corrected chi connectivity index (χ0v) is 23.7. The fourth-order valence-corrected chi connectivity index (χ4v) is 6.59. The largest absolute Gasteiger partial charge is 0.487 e. The molecule has 188 valence electrons. The quantitative estimate of drug-likeness (QED) is 0.211. The Morgan fingerprint density at radius 3 is 2.57 bits per heavy atom. The zero-order valence-electron chi connectivity index (χ0n) is 19.8. The number of anilines is 1. The molecule has 1 aliphatic carbocycles. The molecule has 0 aliphatic heterocycles. The number of nitrogens with zero attached hydrogens (tertiary/aromatic N) is 1. The number of hydrogen-bond acceptors (Lipinski definition) is 4. The number of fused-ring (bicyclic) bond motifs is 1. The number of ether oxygens (including phenoxy) is 1. The van der Waals surface area contributed by atoms with Gasteiger partial charge in [-0.15, -0.1) is 11.3 Å². The summed E-state index contributed by atoms with van der Waals surface area (Å²) in [6.07, 6.45) is 5.78. The minimum absolute atomic E-state index is 0.135. The number of nitrogens with one attached hydrogen (secondary N) is 1. The fraction of sp³-hybridized carbons (Fsp3) is 0.172. The summed E-state index contributed by atoms with van der Waals surface area (Å²) < 4.78 is 6.88. The van der Waals surface area contributed by atoms with Gasteiger partial charge in [0.25, 0.3) is 5.91 Å². The molecule has 0 unspecified atom stereocenters. The van der Waals surface area contributed by atoms with Gasteiger partial charge in [-0.1, -0.05) is 53.5 Å². The molecule has 37 heavy (non-hydrogen) atoms. The fourth-order valence-electron chi connectivity index (χ4n) is 4.28. The third kappa shape index (κ3) is 6.27. The van der Waals surface area contributed by atoms with Gasteiger partial charge < -0.3 is 10.1 Å². The molecule has 0 atom stereocenters. The lowest BCUT2D eigenvalue weighted by molar-refractivity contribution is 0.102. The smallest absolute Gasteiger partial charge is 0.259 e. The molecular weight excluding hydrogens is 591 g/mol. The Kier molecular flexibility index (Phi) is 8.30. The van der Waals surface area contributed by atoms with E-state index in [9.17, 15) is 4.79 Å². The van der Waals surface area contributed by atoms with Gasteiger partial charge in [0, 0.05) is 32.4 Å². The SMILES string of the molecule is O=C(Nc1ccccc1)c1c(N=Cc2cc(Cl)cc(Br)c2OCc2ccc(Cl)cc2)sc2c1CCCC2. The van der Waals surface area contributed by atoms with Crippen molar-refractivity contribution < 1.29 is 9.53 Å². The van der Waals surface area contributed by atoms with Gasteiger partial charge in [0.15, 0.2) is 0 Å². The molecule has 0 saturated carbocycles. The van der Waals surface area contributed by atoms with Crippen LogP contribution in [0.2, 0.25) is 10.0 Å². The molecular formula is C29H23BrCl2N2O2S. The van der Waals surface area contributed by atoms with Gasteiger partial charge in [0.05, 0.1) is 10.0 Å². The first-order chi connectivity index (χ1) is 18.0. The van der Waals surface area contributed by atoms with Crippen LogP contribution in [0.5, 0.6) is 5.75 Å². The van der Waals surface area contributed by atoms with Crippen LogP contribution in [-0.4, -0.2) is 12.1 Å². The lowest BCUT2D eigenvalue weighted by Crippen LogP contribution is -2.14. The molecule has 0 saturated heterocycles. The van der Waals surface area contributed by atoms with Crippen LogP contribution in [0.1, 0.15) is 44.8 Å². The zero-order chi connectivity index (χ0) is 25.8. The maximum atomic E-state index is 13.4. The highest BCUT2D eigenvalue weighted by molar-refractivity contribution is 9.10. The van der Waals surface area contributed by atoms with E-state index in [2.05, 4.69) is 21.2 Å². The van der Waals surface area contributed by atoms with Gasteiger partial charge >= 0.3 is 0 Å². The maximum absolute atomic E-state index is 13.4. The number of amides is 1. The molecule has 1 aromatic heterocycles. The van der Waals surface area contributed by atoms with Crippen molar-refractivity contribution in [3.63, 3.8) is 0 Å². The number of aliphatic imine (C=N–C) groups is 1. The van der Waals surface area contributed by atoms with E-state index in [0.717, 1.165) is 47.0 Å². The molecule has 0 radical (unpaired) electrons. The van der Waals surface area contributed by atoms with Crippen molar-refractivity contribution in [1.29, 1.82) is 0 Å². The molecule has 1 heterocycles. The van der Waals surface area contributed by atoms with Crippen molar-refractivity contribution in [2.45, 2.75) is 32.3 Å². The van der Waals surface area contributed by atoms with Crippen LogP contribution in [0.4, 0.5) is 10.7 Å². The van der Waals surface area contributed by atoms with Crippen LogP contribution < -0.4 is 10.1 Å². The molecule has 0 fully saturated rings. The molecule has 1 aliphatic rings. The highest BCUT2D eigenvalue weighted by atomic mass is 79.9. The first-order valence-corrected chi connectivity index (χ1v) is 14.3. The number of halogens is 3. The van der Waals surface area contributed by atoms with Gasteiger partial charge in [-0.05, 0) is 89.1 Å². The van der Waals surface area contributed by atoms with Crippen molar-refractivity contribution in [1.82, 2.24) is 0 Å². The summed E-state index contributed by atoms with van der Waals surface area (Å²) in [5, 5.41) is 4.96. The lowest BCUT2D eigenvalue weighted by atomic mass is 9.95. The molecule has 0 spiro atoms. The van der Waals surface area contributed by atoms with Gasteiger partial charge in [-0.2, -0.15) is 0 Å². The van der Waals surface area contributed by atoms with Crippen molar-refractivity contribution in [2.24, 2.45) is 4.99 Å². The van der Waals surface area contributed by atoms with Crippen molar-refractivity contribution in [3.05, 3.63) is 108 Å². The molecule has 0 bridgehead atoms. The number of carbonyl (C=O) groups excluding carboxylic acids is 1. The van der Waals surface area contributed by atoms with Gasteiger partial charge in [0.2, 0.25) is 0 Å². The topological polar surface area (TPSA) is 50.7 Å². The Hall–Kier alpha value is -2.64. The van der Waals surface area contributed by atoms with Crippen molar-refractivity contribution in [3.8, 4) is 5.75 Å². The minimum atomic E-state index is -0.135. The van der Waals surface area contributed by atoms with E-state index >= 15 is 0 Å². The Morgan fingerprint density at radius 2 is 1.78 bits per heavy atom.